The largest absolute Gasteiger partial charge is 0.365 e. The fraction of sp³-hybridized carbons (Fsp3) is 0.571. The topological polar surface area (TPSA) is 84.2 Å². The molecular formula is C14H21N3O2S. The number of carbonyl (C=O) groups excluding carboxylic acids is 2. The summed E-state index contributed by atoms with van der Waals surface area (Å²) >= 11 is 1.48. The number of hydrogen-bond acceptors (Lipinski definition) is 4. The molecule has 0 aromatic carbocycles. The van der Waals surface area contributed by atoms with Gasteiger partial charge in [0.1, 0.15) is 5.00 Å². The van der Waals surface area contributed by atoms with Gasteiger partial charge in [-0.3, -0.25) is 9.59 Å². The third-order valence-corrected chi connectivity index (χ3v) is 4.85. The van der Waals surface area contributed by atoms with Crippen LogP contribution in [0.5, 0.6) is 0 Å². The summed E-state index contributed by atoms with van der Waals surface area (Å²) in [5.74, 6) is -0.581. The van der Waals surface area contributed by atoms with Crippen molar-refractivity contribution >= 4 is 28.2 Å². The molecule has 6 heteroatoms. The van der Waals surface area contributed by atoms with Crippen LogP contribution in [0.4, 0.5) is 5.00 Å². The first-order valence-corrected chi connectivity index (χ1v) is 7.82. The highest BCUT2D eigenvalue weighted by Crippen LogP contribution is 2.38. The smallest absolute Gasteiger partial charge is 0.251 e. The molecule has 4 N–H and O–H groups in total. The molecule has 1 aromatic heterocycles. The molecule has 0 bridgehead atoms. The minimum absolute atomic E-state index is 0.132. The van der Waals surface area contributed by atoms with Crippen molar-refractivity contribution in [3.63, 3.8) is 0 Å². The Hall–Kier alpha value is -1.40. The highest BCUT2D eigenvalue weighted by Gasteiger charge is 2.25. The Kier molecular flexibility index (Phi) is 4.77. The average Bonchev–Trinajstić information content (AvgIpc) is 2.95. The zero-order valence-electron chi connectivity index (χ0n) is 11.9. The lowest BCUT2D eigenvalue weighted by atomic mass is 10.1. The van der Waals surface area contributed by atoms with Crippen LogP contribution < -0.4 is 16.4 Å². The molecule has 0 radical (unpaired) electrons. The van der Waals surface area contributed by atoms with Gasteiger partial charge in [-0.1, -0.05) is 6.92 Å². The van der Waals surface area contributed by atoms with E-state index in [1.807, 2.05) is 6.92 Å². The van der Waals surface area contributed by atoms with Gasteiger partial charge in [0.2, 0.25) is 5.91 Å². The predicted molar refractivity (Wildman–Crippen MR) is 81.2 cm³/mol. The molecule has 0 saturated heterocycles. The van der Waals surface area contributed by atoms with Crippen molar-refractivity contribution in [2.24, 2.45) is 5.73 Å². The van der Waals surface area contributed by atoms with E-state index in [1.165, 1.54) is 16.2 Å². The molecule has 110 valence electrons. The number of aryl methyl sites for hydroxylation is 1. The van der Waals surface area contributed by atoms with E-state index in [0.717, 1.165) is 31.2 Å². The Labute approximate surface area is 122 Å². The molecular weight excluding hydrogens is 274 g/mol. The third kappa shape index (κ3) is 3.19. The molecule has 20 heavy (non-hydrogen) atoms. The monoisotopic (exact) mass is 295 g/mol. The quantitative estimate of drug-likeness (QED) is 0.746. The van der Waals surface area contributed by atoms with Crippen LogP contribution in [0, 0.1) is 0 Å². The van der Waals surface area contributed by atoms with Crippen LogP contribution in [0.15, 0.2) is 0 Å². The van der Waals surface area contributed by atoms with Crippen molar-refractivity contribution in [2.45, 2.75) is 45.6 Å². The van der Waals surface area contributed by atoms with Gasteiger partial charge in [-0.05, 0) is 38.2 Å². The van der Waals surface area contributed by atoms with Gasteiger partial charge in [0.15, 0.2) is 0 Å². The first-order chi connectivity index (χ1) is 9.52. The van der Waals surface area contributed by atoms with Crippen molar-refractivity contribution in [2.75, 3.05) is 11.9 Å². The van der Waals surface area contributed by atoms with Crippen molar-refractivity contribution in [1.82, 2.24) is 5.32 Å². The van der Waals surface area contributed by atoms with E-state index in [-0.39, 0.29) is 12.5 Å². The lowest BCUT2D eigenvalue weighted by molar-refractivity contribution is -0.115. The number of carbonyl (C=O) groups is 2. The molecule has 1 atom stereocenters. The molecule has 2 amide bonds. The highest BCUT2D eigenvalue weighted by atomic mass is 32.1. The lowest BCUT2D eigenvalue weighted by Crippen LogP contribution is -2.34. The van der Waals surface area contributed by atoms with Gasteiger partial charge in [-0.25, -0.2) is 0 Å². The number of nitrogens with one attached hydrogen (secondary N) is 2. The standard InChI is InChI=1S/C14H21N3O2S/c1-3-8(2)16-7-11(18)17-14-12(13(15)19)9-5-4-6-10(9)20-14/h8,16H,3-7H2,1-2H3,(H2,15,19)(H,17,18)/t8-/m0/s1. The summed E-state index contributed by atoms with van der Waals surface area (Å²) in [4.78, 5) is 24.7. The second-order valence-corrected chi connectivity index (χ2v) is 6.27. The molecule has 1 aliphatic rings. The van der Waals surface area contributed by atoms with Gasteiger partial charge in [0.05, 0.1) is 12.1 Å². The summed E-state index contributed by atoms with van der Waals surface area (Å²) < 4.78 is 0. The van der Waals surface area contributed by atoms with Crippen LogP contribution in [0.25, 0.3) is 0 Å². The zero-order valence-corrected chi connectivity index (χ0v) is 12.7. The van der Waals surface area contributed by atoms with Crippen LogP contribution in [0.1, 0.15) is 47.5 Å². The molecule has 0 fully saturated rings. The first kappa shape index (κ1) is 15.0. The molecule has 0 spiro atoms. The van der Waals surface area contributed by atoms with Gasteiger partial charge >= 0.3 is 0 Å². The maximum Gasteiger partial charge on any atom is 0.251 e. The highest BCUT2D eigenvalue weighted by molar-refractivity contribution is 7.17. The molecule has 0 unspecified atom stereocenters. The minimum Gasteiger partial charge on any atom is -0.365 e. The van der Waals surface area contributed by atoms with E-state index in [9.17, 15) is 9.59 Å². The van der Waals surface area contributed by atoms with Gasteiger partial charge in [0.25, 0.3) is 5.91 Å². The van der Waals surface area contributed by atoms with E-state index in [1.54, 1.807) is 0 Å². The zero-order chi connectivity index (χ0) is 14.7. The SMILES string of the molecule is CC[C@H](C)NCC(=O)Nc1sc2c(c1C(N)=O)CCC2. The van der Waals surface area contributed by atoms with Gasteiger partial charge in [0, 0.05) is 10.9 Å². The second-order valence-electron chi connectivity index (χ2n) is 5.16. The Bertz CT molecular complexity index is 525. The summed E-state index contributed by atoms with van der Waals surface area (Å²) in [5, 5.41) is 6.55. The van der Waals surface area contributed by atoms with E-state index in [4.69, 9.17) is 5.73 Å². The molecule has 0 saturated carbocycles. The van der Waals surface area contributed by atoms with E-state index >= 15 is 0 Å². The van der Waals surface area contributed by atoms with Crippen molar-refractivity contribution in [3.8, 4) is 0 Å². The number of primary amides is 1. The fourth-order valence-corrected chi connectivity index (χ4v) is 3.65. The van der Waals surface area contributed by atoms with Gasteiger partial charge in [-0.2, -0.15) is 0 Å². The fourth-order valence-electron chi connectivity index (χ4n) is 2.34. The number of fused-ring (bicyclic) bond motifs is 1. The van der Waals surface area contributed by atoms with Crippen LogP contribution in [-0.2, 0) is 17.6 Å². The first-order valence-electron chi connectivity index (χ1n) is 7.00. The summed E-state index contributed by atoms with van der Waals surface area (Å²) in [6, 6.07) is 0.296. The summed E-state index contributed by atoms with van der Waals surface area (Å²) in [6.45, 7) is 4.34. The van der Waals surface area contributed by atoms with Gasteiger partial charge in [-0.15, -0.1) is 11.3 Å². The van der Waals surface area contributed by atoms with Crippen molar-refractivity contribution in [3.05, 3.63) is 16.0 Å². The lowest BCUT2D eigenvalue weighted by Gasteiger charge is -2.11. The Morgan fingerprint density at radius 1 is 1.40 bits per heavy atom. The Balaban J connectivity index is 2.06. The Morgan fingerprint density at radius 2 is 2.15 bits per heavy atom. The number of thiophene rings is 1. The maximum absolute atomic E-state index is 11.9. The Morgan fingerprint density at radius 3 is 2.80 bits per heavy atom. The third-order valence-electron chi connectivity index (χ3n) is 3.64. The maximum atomic E-state index is 11.9. The number of anilines is 1. The van der Waals surface area contributed by atoms with Crippen LogP contribution in [0.3, 0.4) is 0 Å². The predicted octanol–water partition coefficient (Wildman–Crippen LogP) is 1.66. The summed E-state index contributed by atoms with van der Waals surface area (Å²) in [5.41, 5.74) is 7.00. The number of amides is 2. The minimum atomic E-state index is -0.449. The van der Waals surface area contributed by atoms with Crippen LogP contribution in [-0.4, -0.2) is 24.4 Å². The molecule has 1 heterocycles. The summed E-state index contributed by atoms with van der Waals surface area (Å²) in [7, 11) is 0. The van der Waals surface area contributed by atoms with Crippen LogP contribution >= 0.6 is 11.3 Å². The molecule has 1 aromatic rings. The van der Waals surface area contributed by atoms with E-state index in [0.29, 0.717) is 16.6 Å². The number of nitrogens with two attached hydrogens (primary N) is 1. The number of hydrogen-bond donors (Lipinski definition) is 3. The summed E-state index contributed by atoms with van der Waals surface area (Å²) in [6.07, 6.45) is 3.88. The normalized spacial score (nSPS) is 14.9. The number of rotatable bonds is 6. The molecule has 1 aliphatic carbocycles. The molecule has 0 aliphatic heterocycles. The second kappa shape index (κ2) is 6.37. The van der Waals surface area contributed by atoms with Crippen molar-refractivity contribution < 1.29 is 9.59 Å². The molecule has 5 nitrogen and oxygen atoms in total. The van der Waals surface area contributed by atoms with E-state index in [2.05, 4.69) is 17.6 Å². The van der Waals surface area contributed by atoms with Crippen molar-refractivity contribution in [1.29, 1.82) is 0 Å². The van der Waals surface area contributed by atoms with Gasteiger partial charge < -0.3 is 16.4 Å². The van der Waals surface area contributed by atoms with Crippen LogP contribution in [0.2, 0.25) is 0 Å². The molecule has 2 rings (SSSR count). The van der Waals surface area contributed by atoms with E-state index < -0.39 is 5.91 Å². The average molecular weight is 295 g/mol.